The van der Waals surface area contributed by atoms with Crippen LogP contribution in [0.25, 0.3) is 0 Å². The van der Waals surface area contributed by atoms with E-state index >= 15 is 0 Å². The number of urea groups is 1. The number of nitrogens with one attached hydrogen (secondary N) is 1. The van der Waals surface area contributed by atoms with E-state index in [1.54, 1.807) is 13.8 Å². The van der Waals surface area contributed by atoms with E-state index in [4.69, 9.17) is 5.73 Å². The van der Waals surface area contributed by atoms with Crippen molar-refractivity contribution in [1.82, 2.24) is 10.2 Å². The molecule has 2 unspecified atom stereocenters. The summed E-state index contributed by atoms with van der Waals surface area (Å²) < 4.78 is 0. The van der Waals surface area contributed by atoms with Gasteiger partial charge in [-0.1, -0.05) is 27.7 Å². The maximum Gasteiger partial charge on any atom is 0.327 e. The van der Waals surface area contributed by atoms with Crippen molar-refractivity contribution in [3.63, 3.8) is 0 Å². The first-order valence-electron chi connectivity index (χ1n) is 7.17. The van der Waals surface area contributed by atoms with Crippen molar-refractivity contribution in [2.75, 3.05) is 6.54 Å². The van der Waals surface area contributed by atoms with Crippen LogP contribution in [0.15, 0.2) is 0 Å². The zero-order chi connectivity index (χ0) is 16.4. The monoisotopic (exact) mass is 299 g/mol. The maximum atomic E-state index is 12.4. The number of rotatable bonds is 4. The summed E-state index contributed by atoms with van der Waals surface area (Å²) in [5, 5.41) is 12.0. The van der Waals surface area contributed by atoms with Gasteiger partial charge in [-0.25, -0.2) is 9.59 Å². The molecule has 21 heavy (non-hydrogen) atoms. The first-order valence-corrected chi connectivity index (χ1v) is 7.17. The normalized spacial score (nSPS) is 22.7. The van der Waals surface area contributed by atoms with E-state index < -0.39 is 35.4 Å². The van der Waals surface area contributed by atoms with Crippen molar-refractivity contribution in [2.45, 2.75) is 52.6 Å². The lowest BCUT2D eigenvalue weighted by molar-refractivity contribution is -0.148. The third-order valence-corrected chi connectivity index (χ3v) is 4.02. The number of nitrogens with zero attached hydrogens (tertiary/aromatic N) is 1. The van der Waals surface area contributed by atoms with E-state index in [1.807, 2.05) is 13.8 Å². The van der Waals surface area contributed by atoms with Gasteiger partial charge >= 0.3 is 12.0 Å². The van der Waals surface area contributed by atoms with Gasteiger partial charge in [-0.3, -0.25) is 4.79 Å². The summed E-state index contributed by atoms with van der Waals surface area (Å²) in [5.74, 6) is -1.82. The van der Waals surface area contributed by atoms with Crippen molar-refractivity contribution < 1.29 is 19.5 Å². The molecule has 3 amide bonds. The molecule has 4 N–H and O–H groups in total. The Morgan fingerprint density at radius 1 is 1.33 bits per heavy atom. The van der Waals surface area contributed by atoms with Gasteiger partial charge in [-0.05, 0) is 24.2 Å². The molecule has 7 heteroatoms. The first kappa shape index (κ1) is 17.3. The summed E-state index contributed by atoms with van der Waals surface area (Å²) in [7, 11) is 0. The van der Waals surface area contributed by atoms with Gasteiger partial charge in [0.1, 0.15) is 12.1 Å². The number of carboxylic acids is 1. The van der Waals surface area contributed by atoms with Gasteiger partial charge in [0.15, 0.2) is 0 Å². The van der Waals surface area contributed by atoms with E-state index in [9.17, 15) is 19.5 Å². The molecule has 1 fully saturated rings. The molecular formula is C14H25N3O4. The lowest BCUT2D eigenvalue weighted by Crippen LogP contribution is -2.61. The molecule has 0 aromatic rings. The van der Waals surface area contributed by atoms with E-state index in [-0.39, 0.29) is 5.92 Å². The molecule has 0 aliphatic carbocycles. The number of likely N-dealkylation sites (tertiary alicyclic amines) is 1. The molecule has 120 valence electrons. The molecule has 1 heterocycles. The average Bonchev–Trinajstić information content (AvgIpc) is 2.32. The van der Waals surface area contributed by atoms with E-state index in [1.165, 1.54) is 4.90 Å². The van der Waals surface area contributed by atoms with E-state index in [2.05, 4.69) is 5.32 Å². The Kier molecular flexibility index (Phi) is 5.20. The van der Waals surface area contributed by atoms with Crippen LogP contribution in [0.3, 0.4) is 0 Å². The van der Waals surface area contributed by atoms with Gasteiger partial charge < -0.3 is 21.1 Å². The minimum absolute atomic E-state index is 0.160. The second-order valence-corrected chi connectivity index (χ2v) is 6.60. The van der Waals surface area contributed by atoms with Crippen LogP contribution in [0.1, 0.15) is 40.5 Å². The number of nitrogens with two attached hydrogens (primary N) is 1. The third-order valence-electron chi connectivity index (χ3n) is 4.02. The third kappa shape index (κ3) is 3.86. The topological polar surface area (TPSA) is 113 Å². The minimum Gasteiger partial charge on any atom is -0.480 e. The Balaban J connectivity index is 2.93. The zero-order valence-electron chi connectivity index (χ0n) is 13.0. The fourth-order valence-electron chi connectivity index (χ4n) is 2.86. The summed E-state index contributed by atoms with van der Waals surface area (Å²) in [4.78, 5) is 36.6. The molecule has 0 spiro atoms. The number of primary amides is 1. The van der Waals surface area contributed by atoms with Crippen molar-refractivity contribution in [3.05, 3.63) is 0 Å². The number of hydrogen-bond acceptors (Lipinski definition) is 3. The summed E-state index contributed by atoms with van der Waals surface area (Å²) in [6, 6.07) is -2.27. The lowest BCUT2D eigenvalue weighted by atomic mass is 9.76. The largest absolute Gasteiger partial charge is 0.480 e. The number of aliphatic carboxylic acids is 1. The Morgan fingerprint density at radius 2 is 1.90 bits per heavy atom. The predicted octanol–water partition coefficient (Wildman–Crippen LogP) is 0.781. The molecule has 1 aliphatic heterocycles. The number of carbonyl (C=O) groups is 3. The SMILES string of the molecule is CC(C)C(NC(=O)N1CCCC(C)(C)C1C(=O)O)C(N)=O. The summed E-state index contributed by atoms with van der Waals surface area (Å²) in [6.07, 6.45) is 1.46. The molecule has 1 saturated heterocycles. The quantitative estimate of drug-likeness (QED) is 0.712. The molecular weight excluding hydrogens is 274 g/mol. The number of amides is 3. The first-order chi connectivity index (χ1) is 9.58. The molecule has 2 atom stereocenters. The highest BCUT2D eigenvalue weighted by Crippen LogP contribution is 2.35. The van der Waals surface area contributed by atoms with Crippen LogP contribution >= 0.6 is 0 Å². The van der Waals surface area contributed by atoms with Gasteiger partial charge in [0.25, 0.3) is 0 Å². The molecule has 7 nitrogen and oxygen atoms in total. The van der Waals surface area contributed by atoms with Crippen LogP contribution in [0, 0.1) is 11.3 Å². The maximum absolute atomic E-state index is 12.4. The fraction of sp³-hybridized carbons (Fsp3) is 0.786. The summed E-state index contributed by atoms with van der Waals surface area (Å²) in [6.45, 7) is 7.56. The van der Waals surface area contributed by atoms with Crippen molar-refractivity contribution in [1.29, 1.82) is 0 Å². The summed E-state index contributed by atoms with van der Waals surface area (Å²) >= 11 is 0. The molecule has 0 aromatic heterocycles. The molecule has 1 rings (SSSR count). The Hall–Kier alpha value is -1.79. The number of carbonyl (C=O) groups excluding carboxylic acids is 2. The van der Waals surface area contributed by atoms with Gasteiger partial charge in [0, 0.05) is 6.54 Å². The second-order valence-electron chi connectivity index (χ2n) is 6.60. The van der Waals surface area contributed by atoms with Crippen LogP contribution in [-0.2, 0) is 9.59 Å². The Morgan fingerprint density at radius 3 is 2.33 bits per heavy atom. The average molecular weight is 299 g/mol. The smallest absolute Gasteiger partial charge is 0.327 e. The van der Waals surface area contributed by atoms with Crippen LogP contribution in [-0.4, -0.2) is 46.5 Å². The Bertz CT molecular complexity index is 434. The van der Waals surface area contributed by atoms with Crippen LogP contribution in [0.5, 0.6) is 0 Å². The highest BCUT2D eigenvalue weighted by molar-refractivity contribution is 5.88. The van der Waals surface area contributed by atoms with Crippen LogP contribution in [0.2, 0.25) is 0 Å². The van der Waals surface area contributed by atoms with Gasteiger partial charge in [-0.15, -0.1) is 0 Å². The molecule has 0 radical (unpaired) electrons. The predicted molar refractivity (Wildman–Crippen MR) is 77.5 cm³/mol. The fourth-order valence-corrected chi connectivity index (χ4v) is 2.86. The number of hydrogen-bond donors (Lipinski definition) is 3. The summed E-state index contributed by atoms with van der Waals surface area (Å²) in [5.41, 5.74) is 4.76. The second kappa shape index (κ2) is 6.32. The van der Waals surface area contributed by atoms with Crippen molar-refractivity contribution in [3.8, 4) is 0 Å². The number of piperidine rings is 1. The van der Waals surface area contributed by atoms with Gasteiger partial charge in [-0.2, -0.15) is 0 Å². The van der Waals surface area contributed by atoms with Gasteiger partial charge in [0.05, 0.1) is 0 Å². The highest BCUT2D eigenvalue weighted by Gasteiger charge is 2.45. The van der Waals surface area contributed by atoms with Crippen molar-refractivity contribution >= 4 is 17.9 Å². The van der Waals surface area contributed by atoms with Gasteiger partial charge in [0.2, 0.25) is 5.91 Å². The molecule has 0 bridgehead atoms. The zero-order valence-corrected chi connectivity index (χ0v) is 13.0. The van der Waals surface area contributed by atoms with E-state index in [0.29, 0.717) is 6.54 Å². The molecule has 0 saturated carbocycles. The standard InChI is InChI=1S/C14H25N3O4/c1-8(2)9(11(15)18)16-13(21)17-7-5-6-14(3,4)10(17)12(19)20/h8-10H,5-7H2,1-4H3,(H2,15,18)(H,16,21)(H,19,20). The number of carboxylic acid groups (broad SMARTS) is 1. The minimum atomic E-state index is -1.03. The van der Waals surface area contributed by atoms with Crippen molar-refractivity contribution in [2.24, 2.45) is 17.1 Å². The van der Waals surface area contributed by atoms with E-state index in [0.717, 1.165) is 12.8 Å². The Labute approximate surface area is 124 Å². The molecule has 1 aliphatic rings. The molecule has 0 aromatic carbocycles. The highest BCUT2D eigenvalue weighted by atomic mass is 16.4. The lowest BCUT2D eigenvalue weighted by Gasteiger charge is -2.44. The van der Waals surface area contributed by atoms with Crippen LogP contribution < -0.4 is 11.1 Å². The van der Waals surface area contributed by atoms with Crippen LogP contribution in [0.4, 0.5) is 4.79 Å².